The average molecular weight is 279 g/mol. The molecule has 0 spiro atoms. The number of carbonyl (C=O) groups is 2. The number of carbonyl (C=O) groups excluding carboxylic acids is 1. The van der Waals surface area contributed by atoms with Gasteiger partial charge in [-0.15, -0.1) is 0 Å². The van der Waals surface area contributed by atoms with E-state index in [2.05, 4.69) is 5.10 Å². The quantitative estimate of drug-likeness (QED) is 0.905. The van der Waals surface area contributed by atoms with Gasteiger partial charge in [-0.05, 0) is 19.8 Å². The molecule has 1 N–H and O–H groups in total. The molecular weight excluding hydrogens is 258 g/mol. The molecule has 0 aliphatic carbocycles. The Morgan fingerprint density at radius 1 is 1.50 bits per heavy atom. The first kappa shape index (κ1) is 14.6. The SMILES string of the molecule is CCCC1(C(=O)O)CCN(C(=O)c2cn(C)nc2C)C1. The molecule has 1 amide bonds. The third kappa shape index (κ3) is 2.42. The van der Waals surface area contributed by atoms with Crippen molar-refractivity contribution in [1.29, 1.82) is 0 Å². The number of nitrogens with zero attached hydrogens (tertiary/aromatic N) is 3. The molecular formula is C14H21N3O3. The normalized spacial score (nSPS) is 22.2. The van der Waals surface area contributed by atoms with Gasteiger partial charge in [0.2, 0.25) is 0 Å². The van der Waals surface area contributed by atoms with E-state index < -0.39 is 11.4 Å². The van der Waals surface area contributed by atoms with Crippen molar-refractivity contribution in [1.82, 2.24) is 14.7 Å². The van der Waals surface area contributed by atoms with Crippen LogP contribution >= 0.6 is 0 Å². The van der Waals surface area contributed by atoms with Gasteiger partial charge in [-0.2, -0.15) is 5.10 Å². The predicted octanol–water partition coefficient (Wildman–Crippen LogP) is 1.45. The zero-order valence-corrected chi connectivity index (χ0v) is 12.2. The van der Waals surface area contributed by atoms with E-state index in [0.29, 0.717) is 37.2 Å². The molecule has 1 atom stereocenters. The van der Waals surface area contributed by atoms with Crippen LogP contribution in [0.25, 0.3) is 0 Å². The predicted molar refractivity (Wildman–Crippen MR) is 73.4 cm³/mol. The number of aryl methyl sites for hydroxylation is 2. The van der Waals surface area contributed by atoms with Gasteiger partial charge in [-0.3, -0.25) is 14.3 Å². The number of amides is 1. The van der Waals surface area contributed by atoms with Gasteiger partial charge in [-0.1, -0.05) is 13.3 Å². The Hall–Kier alpha value is -1.85. The van der Waals surface area contributed by atoms with Crippen molar-refractivity contribution in [2.24, 2.45) is 12.5 Å². The summed E-state index contributed by atoms with van der Waals surface area (Å²) in [6, 6.07) is 0. The van der Waals surface area contributed by atoms with Crippen LogP contribution in [-0.2, 0) is 11.8 Å². The lowest BCUT2D eigenvalue weighted by atomic mass is 9.83. The average Bonchev–Trinajstić information content (AvgIpc) is 2.94. The second-order valence-electron chi connectivity index (χ2n) is 5.61. The number of carboxylic acid groups (broad SMARTS) is 1. The van der Waals surface area contributed by atoms with E-state index in [9.17, 15) is 14.7 Å². The molecule has 1 saturated heterocycles. The number of aliphatic carboxylic acids is 1. The first-order valence-electron chi connectivity index (χ1n) is 6.92. The summed E-state index contributed by atoms with van der Waals surface area (Å²) in [5, 5.41) is 13.6. The van der Waals surface area contributed by atoms with E-state index in [1.54, 1.807) is 29.7 Å². The minimum atomic E-state index is -0.794. The van der Waals surface area contributed by atoms with E-state index in [4.69, 9.17) is 0 Å². The van der Waals surface area contributed by atoms with Gasteiger partial charge in [0.25, 0.3) is 5.91 Å². The maximum atomic E-state index is 12.5. The second-order valence-corrected chi connectivity index (χ2v) is 5.61. The van der Waals surface area contributed by atoms with Crippen LogP contribution < -0.4 is 0 Å². The molecule has 1 aromatic rings. The van der Waals surface area contributed by atoms with Crippen LogP contribution in [0.15, 0.2) is 6.20 Å². The molecule has 2 heterocycles. The van der Waals surface area contributed by atoms with Crippen molar-refractivity contribution < 1.29 is 14.7 Å². The van der Waals surface area contributed by atoms with E-state index in [1.807, 2.05) is 6.92 Å². The number of hydrogen-bond acceptors (Lipinski definition) is 3. The lowest BCUT2D eigenvalue weighted by molar-refractivity contribution is -0.148. The fourth-order valence-corrected chi connectivity index (χ4v) is 2.99. The standard InChI is InChI=1S/C14H21N3O3/c1-4-5-14(13(19)20)6-7-17(9-14)12(18)11-8-16(3)15-10(11)2/h8H,4-7,9H2,1-3H3,(H,19,20). The molecule has 2 rings (SSSR count). The zero-order chi connectivity index (χ0) is 14.9. The summed E-state index contributed by atoms with van der Waals surface area (Å²) in [7, 11) is 1.77. The molecule has 1 aliphatic heterocycles. The Balaban J connectivity index is 2.18. The molecule has 1 fully saturated rings. The van der Waals surface area contributed by atoms with Crippen LogP contribution in [-0.4, -0.2) is 44.8 Å². The number of hydrogen-bond donors (Lipinski definition) is 1. The lowest BCUT2D eigenvalue weighted by Gasteiger charge is -2.24. The molecule has 0 saturated carbocycles. The fraction of sp³-hybridized carbons (Fsp3) is 0.643. The van der Waals surface area contributed by atoms with Gasteiger partial charge in [-0.25, -0.2) is 0 Å². The van der Waals surface area contributed by atoms with Gasteiger partial charge in [0.05, 0.1) is 16.7 Å². The minimum Gasteiger partial charge on any atom is -0.481 e. The Labute approximate surface area is 118 Å². The second kappa shape index (κ2) is 5.26. The minimum absolute atomic E-state index is 0.116. The summed E-state index contributed by atoms with van der Waals surface area (Å²) in [6.07, 6.45) is 3.64. The van der Waals surface area contributed by atoms with E-state index in [-0.39, 0.29) is 5.91 Å². The lowest BCUT2D eigenvalue weighted by Crippen LogP contribution is -2.37. The van der Waals surface area contributed by atoms with Crippen LogP contribution in [0, 0.1) is 12.3 Å². The Morgan fingerprint density at radius 2 is 2.20 bits per heavy atom. The summed E-state index contributed by atoms with van der Waals surface area (Å²) < 4.78 is 1.61. The van der Waals surface area contributed by atoms with E-state index >= 15 is 0 Å². The highest BCUT2D eigenvalue weighted by Gasteiger charge is 2.45. The van der Waals surface area contributed by atoms with Crippen LogP contribution in [0.2, 0.25) is 0 Å². The van der Waals surface area contributed by atoms with Gasteiger partial charge in [0.15, 0.2) is 0 Å². The summed E-state index contributed by atoms with van der Waals surface area (Å²) in [6.45, 7) is 4.56. The largest absolute Gasteiger partial charge is 0.481 e. The summed E-state index contributed by atoms with van der Waals surface area (Å²) in [4.78, 5) is 25.7. The van der Waals surface area contributed by atoms with Crippen molar-refractivity contribution in [2.75, 3.05) is 13.1 Å². The summed E-state index contributed by atoms with van der Waals surface area (Å²) >= 11 is 0. The molecule has 0 bridgehead atoms. The summed E-state index contributed by atoms with van der Waals surface area (Å²) in [5.41, 5.74) is 0.464. The molecule has 1 aliphatic rings. The monoisotopic (exact) mass is 279 g/mol. The number of likely N-dealkylation sites (tertiary alicyclic amines) is 1. The molecule has 0 radical (unpaired) electrons. The third-order valence-electron chi connectivity index (χ3n) is 4.07. The third-order valence-corrected chi connectivity index (χ3v) is 4.07. The molecule has 6 heteroatoms. The smallest absolute Gasteiger partial charge is 0.311 e. The van der Waals surface area contributed by atoms with E-state index in [0.717, 1.165) is 6.42 Å². The molecule has 6 nitrogen and oxygen atoms in total. The maximum absolute atomic E-state index is 12.5. The van der Waals surface area contributed by atoms with Crippen molar-refractivity contribution in [3.8, 4) is 0 Å². The van der Waals surface area contributed by atoms with Gasteiger partial charge >= 0.3 is 5.97 Å². The van der Waals surface area contributed by atoms with Gasteiger partial charge in [0.1, 0.15) is 0 Å². The topological polar surface area (TPSA) is 75.4 Å². The highest BCUT2D eigenvalue weighted by Crippen LogP contribution is 2.36. The molecule has 20 heavy (non-hydrogen) atoms. The van der Waals surface area contributed by atoms with E-state index in [1.165, 1.54) is 0 Å². The molecule has 110 valence electrons. The molecule has 1 unspecified atom stereocenters. The van der Waals surface area contributed by atoms with Crippen LogP contribution in [0.1, 0.15) is 42.2 Å². The Kier molecular flexibility index (Phi) is 3.83. The van der Waals surface area contributed by atoms with Crippen molar-refractivity contribution in [3.63, 3.8) is 0 Å². The van der Waals surface area contributed by atoms with Crippen molar-refractivity contribution in [3.05, 3.63) is 17.5 Å². The maximum Gasteiger partial charge on any atom is 0.311 e. The number of aromatic nitrogens is 2. The van der Waals surface area contributed by atoms with Crippen molar-refractivity contribution in [2.45, 2.75) is 33.1 Å². The highest BCUT2D eigenvalue weighted by molar-refractivity contribution is 5.95. The zero-order valence-electron chi connectivity index (χ0n) is 12.2. The number of rotatable bonds is 4. The summed E-state index contributed by atoms with van der Waals surface area (Å²) in [5.74, 6) is -0.910. The van der Waals surface area contributed by atoms with Crippen molar-refractivity contribution >= 4 is 11.9 Å². The molecule has 0 aromatic carbocycles. The van der Waals surface area contributed by atoms with Crippen LogP contribution in [0.4, 0.5) is 0 Å². The van der Waals surface area contributed by atoms with Crippen LogP contribution in [0.3, 0.4) is 0 Å². The Morgan fingerprint density at radius 3 is 2.70 bits per heavy atom. The van der Waals surface area contributed by atoms with Gasteiger partial charge in [0, 0.05) is 26.3 Å². The van der Waals surface area contributed by atoms with Gasteiger partial charge < -0.3 is 10.0 Å². The fourth-order valence-electron chi connectivity index (χ4n) is 2.99. The van der Waals surface area contributed by atoms with Crippen LogP contribution in [0.5, 0.6) is 0 Å². The first-order valence-corrected chi connectivity index (χ1v) is 6.92. The molecule has 1 aromatic heterocycles. The number of carboxylic acids is 1. The first-order chi connectivity index (χ1) is 9.39. The highest BCUT2D eigenvalue weighted by atomic mass is 16.4. The Bertz CT molecular complexity index is 538.